The highest BCUT2D eigenvalue weighted by Crippen LogP contribution is 2.01. The van der Waals surface area contributed by atoms with E-state index in [0.29, 0.717) is 19.4 Å². The van der Waals surface area contributed by atoms with Crippen LogP contribution in [0.2, 0.25) is 0 Å². The van der Waals surface area contributed by atoms with Crippen molar-refractivity contribution in [2.75, 3.05) is 13.1 Å². The monoisotopic (exact) mass is 246 g/mol. The van der Waals surface area contributed by atoms with Crippen molar-refractivity contribution in [1.29, 1.82) is 0 Å². The van der Waals surface area contributed by atoms with Crippen LogP contribution in [0.1, 0.15) is 12.0 Å². The first-order chi connectivity index (χ1) is 8.72. The van der Waals surface area contributed by atoms with E-state index in [-0.39, 0.29) is 18.4 Å². The highest BCUT2D eigenvalue weighted by atomic mass is 16.2. The Morgan fingerprint density at radius 2 is 1.83 bits per heavy atom. The summed E-state index contributed by atoms with van der Waals surface area (Å²) < 4.78 is 0. The van der Waals surface area contributed by atoms with Gasteiger partial charge in [-0.2, -0.15) is 0 Å². The van der Waals surface area contributed by atoms with Crippen LogP contribution >= 0.6 is 0 Å². The van der Waals surface area contributed by atoms with Gasteiger partial charge in [0.05, 0.1) is 6.54 Å². The molecule has 1 aromatic carbocycles. The molecule has 0 saturated heterocycles. The molecule has 96 valence electrons. The molecule has 0 spiro atoms. The number of amides is 2. The van der Waals surface area contributed by atoms with E-state index >= 15 is 0 Å². The highest BCUT2D eigenvalue weighted by molar-refractivity contribution is 5.84. The Bertz CT molecular complexity index is 402. The normalized spacial score (nSPS) is 9.56. The maximum absolute atomic E-state index is 11.5. The van der Waals surface area contributed by atoms with Gasteiger partial charge in [-0.3, -0.25) is 9.59 Å². The molecule has 0 fully saturated rings. The second-order valence-electron chi connectivity index (χ2n) is 3.86. The summed E-state index contributed by atoms with van der Waals surface area (Å²) in [5.74, 6) is -0.324. The molecule has 0 aliphatic carbocycles. The Hall–Kier alpha value is -2.10. The molecule has 0 bridgehead atoms. The third-order valence-corrected chi connectivity index (χ3v) is 2.37. The zero-order valence-electron chi connectivity index (χ0n) is 10.3. The van der Waals surface area contributed by atoms with Crippen molar-refractivity contribution in [1.82, 2.24) is 10.6 Å². The van der Waals surface area contributed by atoms with Gasteiger partial charge in [0.1, 0.15) is 0 Å². The van der Waals surface area contributed by atoms with Crippen LogP contribution in [0.4, 0.5) is 0 Å². The zero-order chi connectivity index (χ0) is 13.2. The minimum Gasteiger partial charge on any atom is -0.351 e. The van der Waals surface area contributed by atoms with Gasteiger partial charge >= 0.3 is 0 Å². The molecule has 18 heavy (non-hydrogen) atoms. The smallest absolute Gasteiger partial charge is 0.239 e. The van der Waals surface area contributed by atoms with Crippen LogP contribution in [0, 0.1) is 0 Å². The Morgan fingerprint density at radius 1 is 1.11 bits per heavy atom. The van der Waals surface area contributed by atoms with Crippen LogP contribution in [0.5, 0.6) is 0 Å². The average Bonchev–Trinajstić information content (AvgIpc) is 2.41. The number of hydrogen-bond acceptors (Lipinski definition) is 2. The lowest BCUT2D eigenvalue weighted by Gasteiger charge is -2.05. The molecule has 0 aliphatic heterocycles. The highest BCUT2D eigenvalue weighted by Gasteiger charge is 2.04. The van der Waals surface area contributed by atoms with E-state index in [1.54, 1.807) is 6.08 Å². The zero-order valence-corrected chi connectivity index (χ0v) is 10.3. The lowest BCUT2D eigenvalue weighted by molar-refractivity contribution is -0.126. The first-order valence-corrected chi connectivity index (χ1v) is 5.90. The summed E-state index contributed by atoms with van der Waals surface area (Å²) in [6.45, 7) is 3.92. The third kappa shape index (κ3) is 5.84. The molecule has 0 saturated carbocycles. The van der Waals surface area contributed by atoms with Gasteiger partial charge in [-0.1, -0.05) is 36.4 Å². The molecule has 1 aromatic rings. The van der Waals surface area contributed by atoms with Gasteiger partial charge in [-0.15, -0.1) is 6.58 Å². The maximum Gasteiger partial charge on any atom is 0.239 e. The van der Waals surface area contributed by atoms with E-state index in [1.807, 2.05) is 30.3 Å². The van der Waals surface area contributed by atoms with Gasteiger partial charge in [-0.05, 0) is 12.0 Å². The Labute approximate surface area is 107 Å². The fourth-order valence-electron chi connectivity index (χ4n) is 1.42. The molecular formula is C14H18N2O2. The van der Waals surface area contributed by atoms with Crippen LogP contribution in [-0.2, 0) is 16.0 Å². The minimum atomic E-state index is -0.206. The van der Waals surface area contributed by atoms with E-state index in [9.17, 15) is 9.59 Å². The molecule has 0 unspecified atom stereocenters. The van der Waals surface area contributed by atoms with Gasteiger partial charge in [-0.25, -0.2) is 0 Å². The fraction of sp³-hybridized carbons (Fsp3) is 0.286. The van der Waals surface area contributed by atoms with E-state index in [4.69, 9.17) is 0 Å². The van der Waals surface area contributed by atoms with Crippen molar-refractivity contribution in [2.24, 2.45) is 0 Å². The van der Waals surface area contributed by atoms with Crippen LogP contribution in [0.3, 0.4) is 0 Å². The Kier molecular flexibility index (Phi) is 6.25. The van der Waals surface area contributed by atoms with Crippen molar-refractivity contribution in [3.05, 3.63) is 48.6 Å². The number of carbonyl (C=O) groups excluding carboxylic acids is 2. The molecule has 0 atom stereocenters. The topological polar surface area (TPSA) is 58.2 Å². The summed E-state index contributed by atoms with van der Waals surface area (Å²) in [4.78, 5) is 22.7. The number of aryl methyl sites for hydroxylation is 1. The first kappa shape index (κ1) is 14.0. The number of carbonyl (C=O) groups is 2. The van der Waals surface area contributed by atoms with Crippen LogP contribution in [0.25, 0.3) is 0 Å². The predicted octanol–water partition coefficient (Wildman–Crippen LogP) is 1.04. The lowest BCUT2D eigenvalue weighted by atomic mass is 10.1. The third-order valence-electron chi connectivity index (χ3n) is 2.37. The molecule has 1 rings (SSSR count). The number of rotatable bonds is 7. The van der Waals surface area contributed by atoms with E-state index < -0.39 is 0 Å². The maximum atomic E-state index is 11.5. The summed E-state index contributed by atoms with van der Waals surface area (Å²) in [7, 11) is 0. The fourth-order valence-corrected chi connectivity index (χ4v) is 1.42. The standard InChI is InChI=1S/C14H18N2O2/c1-2-10-15-14(18)11-16-13(17)9-8-12-6-4-3-5-7-12/h2-7H,1,8-11H2,(H,15,18)(H,16,17). The van der Waals surface area contributed by atoms with Crippen molar-refractivity contribution >= 4 is 11.8 Å². The summed E-state index contributed by atoms with van der Waals surface area (Å²) >= 11 is 0. The first-order valence-electron chi connectivity index (χ1n) is 5.90. The summed E-state index contributed by atoms with van der Waals surface area (Å²) in [6, 6.07) is 9.77. The van der Waals surface area contributed by atoms with E-state index in [0.717, 1.165) is 5.56 Å². The molecule has 0 heterocycles. The Balaban J connectivity index is 2.18. The second kappa shape index (κ2) is 8.06. The molecule has 0 aromatic heterocycles. The second-order valence-corrected chi connectivity index (χ2v) is 3.86. The largest absolute Gasteiger partial charge is 0.351 e. The van der Waals surface area contributed by atoms with Gasteiger partial charge in [0.2, 0.25) is 11.8 Å². The van der Waals surface area contributed by atoms with Crippen LogP contribution < -0.4 is 10.6 Å². The molecular weight excluding hydrogens is 228 g/mol. The minimum absolute atomic E-state index is 0.0153. The van der Waals surface area contributed by atoms with E-state index in [1.165, 1.54) is 0 Å². The van der Waals surface area contributed by atoms with Crippen molar-refractivity contribution < 1.29 is 9.59 Å². The summed E-state index contributed by atoms with van der Waals surface area (Å²) in [5, 5.41) is 5.17. The van der Waals surface area contributed by atoms with Crippen molar-refractivity contribution in [3.8, 4) is 0 Å². The van der Waals surface area contributed by atoms with Crippen molar-refractivity contribution in [3.63, 3.8) is 0 Å². The summed E-state index contributed by atoms with van der Waals surface area (Å²) in [6.07, 6.45) is 2.66. The number of nitrogens with one attached hydrogen (secondary N) is 2. The number of hydrogen-bond donors (Lipinski definition) is 2. The number of benzene rings is 1. The molecule has 2 N–H and O–H groups in total. The van der Waals surface area contributed by atoms with Gasteiger partial charge in [0.25, 0.3) is 0 Å². The predicted molar refractivity (Wildman–Crippen MR) is 71.0 cm³/mol. The molecule has 4 heteroatoms. The van der Waals surface area contributed by atoms with Gasteiger partial charge in [0.15, 0.2) is 0 Å². The SMILES string of the molecule is C=CCNC(=O)CNC(=O)CCc1ccccc1. The van der Waals surface area contributed by atoms with E-state index in [2.05, 4.69) is 17.2 Å². The van der Waals surface area contributed by atoms with Crippen molar-refractivity contribution in [2.45, 2.75) is 12.8 Å². The quantitative estimate of drug-likeness (QED) is 0.706. The van der Waals surface area contributed by atoms with Crippen LogP contribution in [-0.4, -0.2) is 24.9 Å². The summed E-state index contributed by atoms with van der Waals surface area (Å²) in [5.41, 5.74) is 1.11. The van der Waals surface area contributed by atoms with Gasteiger partial charge < -0.3 is 10.6 Å². The Morgan fingerprint density at radius 3 is 2.50 bits per heavy atom. The molecule has 0 radical (unpaired) electrons. The molecule has 0 aliphatic rings. The molecule has 2 amide bonds. The molecule has 4 nitrogen and oxygen atoms in total. The van der Waals surface area contributed by atoms with Crippen LogP contribution in [0.15, 0.2) is 43.0 Å². The average molecular weight is 246 g/mol. The van der Waals surface area contributed by atoms with Gasteiger partial charge in [0, 0.05) is 13.0 Å². The lowest BCUT2D eigenvalue weighted by Crippen LogP contribution is -2.36.